The van der Waals surface area contributed by atoms with Gasteiger partial charge in [-0.05, 0) is 18.4 Å². The lowest BCUT2D eigenvalue weighted by atomic mass is 10.1. The van der Waals surface area contributed by atoms with Gasteiger partial charge in [0.1, 0.15) is 12.4 Å². The van der Waals surface area contributed by atoms with Gasteiger partial charge < -0.3 is 29.4 Å². The summed E-state index contributed by atoms with van der Waals surface area (Å²) in [5.41, 5.74) is 0.308. The molecule has 0 aliphatic carbocycles. The summed E-state index contributed by atoms with van der Waals surface area (Å²) in [5, 5.41) is 12.5. The zero-order valence-electron chi connectivity index (χ0n) is 18.0. The normalized spacial score (nSPS) is 14.8. The van der Waals surface area contributed by atoms with Crippen LogP contribution in [0.5, 0.6) is 0 Å². The van der Waals surface area contributed by atoms with Gasteiger partial charge in [-0.2, -0.15) is 0 Å². The Bertz CT molecular complexity index is 839. The number of cyclic esters (lactones) is 2. The minimum absolute atomic E-state index is 0.0283. The van der Waals surface area contributed by atoms with Crippen molar-refractivity contribution in [3.8, 4) is 0 Å². The smallest absolute Gasteiger partial charge is 0.407 e. The molecule has 2 rings (SSSR count). The minimum Gasteiger partial charge on any atom is -0.511 e. The van der Waals surface area contributed by atoms with Crippen LogP contribution >= 0.6 is 0 Å². The van der Waals surface area contributed by atoms with Crippen molar-refractivity contribution < 1.29 is 43.2 Å². The molecule has 10 heteroatoms. The van der Waals surface area contributed by atoms with E-state index >= 15 is 0 Å². The first kappa shape index (κ1) is 24.7. The maximum absolute atomic E-state index is 11.9. The fraction of sp³-hybridized carbons (Fsp3) is 0.455. The number of rotatable bonds is 10. The number of amides is 1. The van der Waals surface area contributed by atoms with Crippen molar-refractivity contribution in [1.82, 2.24) is 5.32 Å². The number of alkyl carbamates (subject to hydrolysis) is 1. The van der Waals surface area contributed by atoms with Gasteiger partial charge in [0.2, 0.25) is 0 Å². The summed E-state index contributed by atoms with van der Waals surface area (Å²) in [6, 6.07) is 9.25. The third-order valence-electron chi connectivity index (χ3n) is 4.23. The molecule has 1 aliphatic rings. The summed E-state index contributed by atoms with van der Waals surface area (Å²) in [4.78, 5) is 47.1. The van der Waals surface area contributed by atoms with Crippen LogP contribution in [-0.4, -0.2) is 48.0 Å². The number of ether oxygens (including phenoxy) is 4. The number of aliphatic hydroxyl groups excluding tert-OH is 1. The number of aliphatic hydroxyl groups is 1. The molecular formula is C22H27NO9. The van der Waals surface area contributed by atoms with Crippen LogP contribution < -0.4 is 5.32 Å². The van der Waals surface area contributed by atoms with Crippen LogP contribution in [0.2, 0.25) is 0 Å². The number of hydrogen-bond donors (Lipinski definition) is 2. The van der Waals surface area contributed by atoms with E-state index in [1.54, 1.807) is 0 Å². The molecule has 0 aromatic heterocycles. The summed E-state index contributed by atoms with van der Waals surface area (Å²) < 4.78 is 19.9. The molecule has 2 N–H and O–H groups in total. The average molecular weight is 449 g/mol. The molecule has 1 aromatic carbocycles. The van der Waals surface area contributed by atoms with Gasteiger partial charge in [0.05, 0.1) is 6.61 Å². The highest BCUT2D eigenvalue weighted by atomic mass is 16.7. The van der Waals surface area contributed by atoms with Crippen LogP contribution in [-0.2, 0) is 39.9 Å². The molecular weight excluding hydrogens is 422 g/mol. The summed E-state index contributed by atoms with van der Waals surface area (Å²) in [6.07, 6.45) is -0.132. The van der Waals surface area contributed by atoms with Crippen molar-refractivity contribution in [2.24, 2.45) is 0 Å². The van der Waals surface area contributed by atoms with E-state index in [9.17, 15) is 24.3 Å². The highest BCUT2D eigenvalue weighted by Gasteiger charge is 2.41. The number of carbonyl (C=O) groups excluding carboxylic acids is 4. The van der Waals surface area contributed by atoms with Gasteiger partial charge in [-0.15, -0.1) is 0 Å². The van der Waals surface area contributed by atoms with Gasteiger partial charge in [0, 0.05) is 33.2 Å². The zero-order chi connectivity index (χ0) is 23.6. The van der Waals surface area contributed by atoms with Crippen LogP contribution in [0.4, 0.5) is 4.79 Å². The first-order valence-electron chi connectivity index (χ1n) is 10.2. The van der Waals surface area contributed by atoms with E-state index in [0.29, 0.717) is 6.42 Å². The van der Waals surface area contributed by atoms with Crippen LogP contribution in [0.25, 0.3) is 0 Å². The lowest BCUT2D eigenvalue weighted by Gasteiger charge is -2.30. The Morgan fingerprint density at radius 3 is 2.31 bits per heavy atom. The molecule has 1 heterocycles. The van der Waals surface area contributed by atoms with Gasteiger partial charge in [-0.25, -0.2) is 14.4 Å². The molecule has 32 heavy (non-hydrogen) atoms. The lowest BCUT2D eigenvalue weighted by Crippen LogP contribution is -2.42. The maximum atomic E-state index is 11.9. The fourth-order valence-corrected chi connectivity index (χ4v) is 2.71. The molecule has 0 bridgehead atoms. The molecule has 0 atom stereocenters. The van der Waals surface area contributed by atoms with E-state index in [0.717, 1.165) is 5.56 Å². The SMILES string of the molecule is CC1(C)OC(=O)C(=C(O)CCCC(=O)OCCCNC(=O)OCc2ccccc2)C(=O)O1. The van der Waals surface area contributed by atoms with Crippen LogP contribution in [0.1, 0.15) is 45.1 Å². The summed E-state index contributed by atoms with van der Waals surface area (Å²) >= 11 is 0. The summed E-state index contributed by atoms with van der Waals surface area (Å²) in [5.74, 6) is -4.34. The molecule has 174 valence electrons. The summed E-state index contributed by atoms with van der Waals surface area (Å²) in [7, 11) is 0. The van der Waals surface area contributed by atoms with Gasteiger partial charge >= 0.3 is 24.0 Å². The first-order chi connectivity index (χ1) is 15.2. The second kappa shape index (κ2) is 11.7. The predicted octanol–water partition coefficient (Wildman–Crippen LogP) is 2.66. The standard InChI is InChI=1S/C22H27NO9/c1-22(2)31-19(26)18(20(27)32-22)16(24)10-6-11-17(25)29-13-7-12-23-21(28)30-14-15-8-4-3-5-9-15/h3-5,8-9,24H,6-7,10-14H2,1-2H3,(H,23,28). The highest BCUT2D eigenvalue weighted by Crippen LogP contribution is 2.25. The third kappa shape index (κ3) is 8.29. The first-order valence-corrected chi connectivity index (χ1v) is 10.2. The number of allylic oxidation sites excluding steroid dienone is 1. The molecule has 10 nitrogen and oxygen atoms in total. The van der Waals surface area contributed by atoms with E-state index in [4.69, 9.17) is 18.9 Å². The van der Waals surface area contributed by atoms with E-state index < -0.39 is 41.1 Å². The Morgan fingerprint density at radius 2 is 1.66 bits per heavy atom. The number of carbonyl (C=O) groups is 4. The van der Waals surface area contributed by atoms with Gasteiger partial charge in [-0.3, -0.25) is 4.79 Å². The van der Waals surface area contributed by atoms with Gasteiger partial charge in [-0.1, -0.05) is 30.3 Å². The Labute approximate surface area is 185 Å². The highest BCUT2D eigenvalue weighted by molar-refractivity contribution is 6.15. The van der Waals surface area contributed by atoms with E-state index in [-0.39, 0.29) is 39.0 Å². The molecule has 0 radical (unpaired) electrons. The number of nitrogens with one attached hydrogen (secondary N) is 1. The molecule has 0 spiro atoms. The van der Waals surface area contributed by atoms with E-state index in [1.807, 2.05) is 30.3 Å². The van der Waals surface area contributed by atoms with Crippen molar-refractivity contribution in [3.63, 3.8) is 0 Å². The number of esters is 3. The van der Waals surface area contributed by atoms with Crippen molar-refractivity contribution in [2.75, 3.05) is 13.2 Å². The molecule has 1 amide bonds. The topological polar surface area (TPSA) is 137 Å². The molecule has 1 aromatic rings. The van der Waals surface area contributed by atoms with Crippen molar-refractivity contribution >= 4 is 24.0 Å². The Kier molecular flexibility index (Phi) is 9.06. The predicted molar refractivity (Wildman–Crippen MR) is 110 cm³/mol. The Hall–Kier alpha value is -3.56. The van der Waals surface area contributed by atoms with Crippen molar-refractivity contribution in [3.05, 3.63) is 47.2 Å². The van der Waals surface area contributed by atoms with Crippen molar-refractivity contribution in [2.45, 2.75) is 51.9 Å². The van der Waals surface area contributed by atoms with Crippen LogP contribution in [0.15, 0.2) is 41.7 Å². The molecule has 1 fully saturated rings. The van der Waals surface area contributed by atoms with Crippen molar-refractivity contribution in [1.29, 1.82) is 0 Å². The molecule has 1 saturated heterocycles. The molecule has 1 aliphatic heterocycles. The largest absolute Gasteiger partial charge is 0.511 e. The van der Waals surface area contributed by atoms with Crippen LogP contribution in [0.3, 0.4) is 0 Å². The third-order valence-corrected chi connectivity index (χ3v) is 4.23. The zero-order valence-corrected chi connectivity index (χ0v) is 18.0. The average Bonchev–Trinajstić information content (AvgIpc) is 2.71. The molecule has 0 saturated carbocycles. The Morgan fingerprint density at radius 1 is 1.00 bits per heavy atom. The number of hydrogen-bond acceptors (Lipinski definition) is 9. The maximum Gasteiger partial charge on any atom is 0.407 e. The van der Waals surface area contributed by atoms with Crippen LogP contribution in [0, 0.1) is 0 Å². The minimum atomic E-state index is -1.39. The quantitative estimate of drug-likeness (QED) is 0.138. The van der Waals surface area contributed by atoms with E-state index in [1.165, 1.54) is 13.8 Å². The van der Waals surface area contributed by atoms with Gasteiger partial charge in [0.25, 0.3) is 5.79 Å². The second-order valence-electron chi connectivity index (χ2n) is 7.42. The van der Waals surface area contributed by atoms with E-state index in [2.05, 4.69) is 5.32 Å². The second-order valence-corrected chi connectivity index (χ2v) is 7.42. The fourth-order valence-electron chi connectivity index (χ4n) is 2.71. The van der Waals surface area contributed by atoms with Gasteiger partial charge in [0.15, 0.2) is 5.57 Å². The Balaban J connectivity index is 1.57. The lowest BCUT2D eigenvalue weighted by molar-refractivity contribution is -0.222. The molecule has 0 unspecified atom stereocenters. The summed E-state index contributed by atoms with van der Waals surface area (Å²) in [6.45, 7) is 3.33. The monoisotopic (exact) mass is 449 g/mol. The number of benzene rings is 1.